The van der Waals surface area contributed by atoms with E-state index in [-0.39, 0.29) is 0 Å². The van der Waals surface area contributed by atoms with Crippen molar-refractivity contribution in [1.29, 1.82) is 0 Å². The third-order valence-electron chi connectivity index (χ3n) is 4.62. The monoisotopic (exact) mass is 249 g/mol. The molecule has 0 aliphatic heterocycles. The molecule has 1 aromatic heterocycles. The Kier molecular flexibility index (Phi) is 3.37. The Hall–Kier alpha value is -0.900. The van der Waals surface area contributed by atoms with E-state index in [0.717, 1.165) is 50.2 Å². The molecule has 0 radical (unpaired) electrons. The van der Waals surface area contributed by atoms with Gasteiger partial charge in [0.15, 0.2) is 0 Å². The van der Waals surface area contributed by atoms with Crippen LogP contribution in [-0.4, -0.2) is 28.2 Å². The van der Waals surface area contributed by atoms with E-state index in [2.05, 4.69) is 17.2 Å². The van der Waals surface area contributed by atoms with Crippen LogP contribution in [0.4, 0.5) is 0 Å². The molecule has 0 spiro atoms. The van der Waals surface area contributed by atoms with Gasteiger partial charge in [0.1, 0.15) is 0 Å². The molecule has 0 amide bonds. The van der Waals surface area contributed by atoms with Crippen molar-refractivity contribution in [2.24, 2.45) is 24.8 Å². The number of aromatic nitrogens is 3. The lowest BCUT2D eigenvalue weighted by Crippen LogP contribution is -2.05. The largest absolute Gasteiger partial charge is 0.381 e. The van der Waals surface area contributed by atoms with E-state index in [9.17, 15) is 0 Å². The molecule has 2 aliphatic rings. The molecule has 1 fully saturated rings. The zero-order valence-electron chi connectivity index (χ0n) is 11.4. The van der Waals surface area contributed by atoms with Crippen molar-refractivity contribution in [3.8, 4) is 0 Å². The molecule has 4 heteroatoms. The smallest absolute Gasteiger partial charge is 0.0859 e. The highest BCUT2D eigenvalue weighted by Crippen LogP contribution is 2.52. The zero-order chi connectivity index (χ0) is 12.5. The van der Waals surface area contributed by atoms with Crippen molar-refractivity contribution in [3.05, 3.63) is 11.4 Å². The number of nitrogens with zero attached hydrogens (tertiary/aromatic N) is 3. The molecule has 3 rings (SSSR count). The Labute approximate surface area is 109 Å². The zero-order valence-corrected chi connectivity index (χ0v) is 11.4. The van der Waals surface area contributed by atoms with Gasteiger partial charge in [0.05, 0.1) is 11.4 Å². The Morgan fingerprint density at radius 2 is 2.06 bits per heavy atom. The summed E-state index contributed by atoms with van der Waals surface area (Å²) in [5, 5.41) is 8.44. The van der Waals surface area contributed by atoms with E-state index >= 15 is 0 Å². The Morgan fingerprint density at radius 1 is 1.28 bits per heavy atom. The number of ether oxygens (including phenoxy) is 1. The molecule has 0 N–H and O–H groups in total. The first-order chi connectivity index (χ1) is 8.81. The molecule has 4 nitrogen and oxygen atoms in total. The number of hydrogen-bond acceptors (Lipinski definition) is 3. The molecule has 1 aromatic rings. The highest BCUT2D eigenvalue weighted by molar-refractivity contribution is 5.14. The SMILES string of the molecule is CCCOCC1C2CCc3nnn(C)c3CCC21. The van der Waals surface area contributed by atoms with Crippen LogP contribution in [0.5, 0.6) is 0 Å². The maximum atomic E-state index is 5.73. The predicted molar refractivity (Wildman–Crippen MR) is 69.2 cm³/mol. The fourth-order valence-electron chi connectivity index (χ4n) is 3.52. The normalized spacial score (nSPS) is 30.2. The molecule has 0 bridgehead atoms. The molecule has 2 aliphatic carbocycles. The van der Waals surface area contributed by atoms with Gasteiger partial charge in [-0.15, -0.1) is 5.10 Å². The molecule has 18 heavy (non-hydrogen) atoms. The summed E-state index contributed by atoms with van der Waals surface area (Å²) in [6, 6.07) is 0. The molecule has 100 valence electrons. The Bertz CT molecular complexity index is 415. The van der Waals surface area contributed by atoms with Gasteiger partial charge in [-0.05, 0) is 49.9 Å². The first-order valence-electron chi connectivity index (χ1n) is 7.26. The number of hydrogen-bond donors (Lipinski definition) is 0. The molecular weight excluding hydrogens is 226 g/mol. The molecule has 0 saturated heterocycles. The van der Waals surface area contributed by atoms with E-state index in [1.165, 1.54) is 24.2 Å². The third kappa shape index (κ3) is 2.18. The standard InChI is InChI=1S/C14H23N3O/c1-3-8-18-9-12-10-4-6-13-14(7-5-11(10)12)17(2)16-15-13/h10-12H,3-9H2,1-2H3. The Morgan fingerprint density at radius 3 is 2.83 bits per heavy atom. The quantitative estimate of drug-likeness (QED) is 0.766. The number of aryl methyl sites for hydroxylation is 2. The van der Waals surface area contributed by atoms with Crippen molar-refractivity contribution in [2.75, 3.05) is 13.2 Å². The van der Waals surface area contributed by atoms with Crippen LogP contribution in [0.2, 0.25) is 0 Å². The lowest BCUT2D eigenvalue weighted by molar-refractivity contribution is 0.118. The molecule has 3 unspecified atom stereocenters. The summed E-state index contributed by atoms with van der Waals surface area (Å²) in [7, 11) is 2.01. The number of rotatable bonds is 4. The van der Waals surface area contributed by atoms with Crippen LogP contribution < -0.4 is 0 Å². The van der Waals surface area contributed by atoms with E-state index in [0.29, 0.717) is 0 Å². The van der Waals surface area contributed by atoms with E-state index < -0.39 is 0 Å². The molecule has 3 atom stereocenters. The van der Waals surface area contributed by atoms with Crippen LogP contribution >= 0.6 is 0 Å². The van der Waals surface area contributed by atoms with Crippen molar-refractivity contribution < 1.29 is 4.74 Å². The van der Waals surface area contributed by atoms with Crippen molar-refractivity contribution in [2.45, 2.75) is 39.0 Å². The summed E-state index contributed by atoms with van der Waals surface area (Å²) in [4.78, 5) is 0. The minimum Gasteiger partial charge on any atom is -0.381 e. The van der Waals surface area contributed by atoms with Crippen molar-refractivity contribution in [3.63, 3.8) is 0 Å². The second-order valence-corrected chi connectivity index (χ2v) is 5.75. The summed E-state index contributed by atoms with van der Waals surface area (Å²) >= 11 is 0. The van der Waals surface area contributed by atoms with Gasteiger partial charge in [-0.2, -0.15) is 0 Å². The van der Waals surface area contributed by atoms with Gasteiger partial charge in [-0.3, -0.25) is 4.68 Å². The van der Waals surface area contributed by atoms with Gasteiger partial charge >= 0.3 is 0 Å². The minimum absolute atomic E-state index is 0.818. The van der Waals surface area contributed by atoms with Crippen molar-refractivity contribution in [1.82, 2.24) is 15.0 Å². The van der Waals surface area contributed by atoms with Gasteiger partial charge in [0, 0.05) is 20.3 Å². The third-order valence-corrected chi connectivity index (χ3v) is 4.62. The predicted octanol–water partition coefficient (Wildman–Crippen LogP) is 1.98. The Balaban J connectivity index is 1.58. The summed E-state index contributed by atoms with van der Waals surface area (Å²) in [6.07, 6.45) is 5.94. The maximum absolute atomic E-state index is 5.73. The topological polar surface area (TPSA) is 39.9 Å². The van der Waals surface area contributed by atoms with E-state index in [1.807, 2.05) is 11.7 Å². The van der Waals surface area contributed by atoms with Crippen LogP contribution in [0.3, 0.4) is 0 Å². The molecule has 0 aromatic carbocycles. The van der Waals surface area contributed by atoms with Crippen LogP contribution in [-0.2, 0) is 24.6 Å². The summed E-state index contributed by atoms with van der Waals surface area (Å²) in [5.74, 6) is 2.60. The van der Waals surface area contributed by atoms with Crippen molar-refractivity contribution >= 4 is 0 Å². The summed E-state index contributed by atoms with van der Waals surface area (Å²) in [5.41, 5.74) is 2.59. The van der Waals surface area contributed by atoms with Gasteiger partial charge in [-0.25, -0.2) is 0 Å². The van der Waals surface area contributed by atoms with Crippen LogP contribution in [0.1, 0.15) is 37.6 Å². The molecular formula is C14H23N3O. The first-order valence-corrected chi connectivity index (χ1v) is 7.26. The maximum Gasteiger partial charge on any atom is 0.0859 e. The fraction of sp³-hybridized carbons (Fsp3) is 0.857. The average molecular weight is 249 g/mol. The second kappa shape index (κ2) is 5.00. The lowest BCUT2D eigenvalue weighted by atomic mass is 10.0. The van der Waals surface area contributed by atoms with Crippen LogP contribution in [0, 0.1) is 17.8 Å². The minimum atomic E-state index is 0.818. The summed E-state index contributed by atoms with van der Waals surface area (Å²) < 4.78 is 7.69. The molecule has 1 heterocycles. The van der Waals surface area contributed by atoms with Gasteiger partial charge in [-0.1, -0.05) is 12.1 Å². The van der Waals surface area contributed by atoms with E-state index in [4.69, 9.17) is 4.74 Å². The van der Waals surface area contributed by atoms with Gasteiger partial charge in [0.25, 0.3) is 0 Å². The van der Waals surface area contributed by atoms with Crippen LogP contribution in [0.15, 0.2) is 0 Å². The van der Waals surface area contributed by atoms with Gasteiger partial charge in [0.2, 0.25) is 0 Å². The van der Waals surface area contributed by atoms with E-state index in [1.54, 1.807) is 0 Å². The highest BCUT2D eigenvalue weighted by Gasteiger charge is 2.49. The fourth-order valence-corrected chi connectivity index (χ4v) is 3.52. The summed E-state index contributed by atoms with van der Waals surface area (Å²) in [6.45, 7) is 4.07. The molecule has 1 saturated carbocycles. The first kappa shape index (κ1) is 12.2. The van der Waals surface area contributed by atoms with Crippen LogP contribution in [0.25, 0.3) is 0 Å². The average Bonchev–Trinajstić information content (AvgIpc) is 2.87. The number of fused-ring (bicyclic) bond motifs is 2. The lowest BCUT2D eigenvalue weighted by Gasteiger charge is -2.07. The second-order valence-electron chi connectivity index (χ2n) is 5.75. The highest BCUT2D eigenvalue weighted by atomic mass is 16.5. The van der Waals surface area contributed by atoms with Gasteiger partial charge < -0.3 is 4.74 Å².